The van der Waals surface area contributed by atoms with Gasteiger partial charge < -0.3 is 4.90 Å². The fraction of sp³-hybridized carbons (Fsp3) is 0.455. The van der Waals surface area contributed by atoms with E-state index in [4.69, 9.17) is 0 Å². The van der Waals surface area contributed by atoms with Crippen molar-refractivity contribution in [1.82, 2.24) is 4.90 Å². The molecule has 1 heterocycles. The van der Waals surface area contributed by atoms with Crippen molar-refractivity contribution in [1.29, 1.82) is 0 Å². The van der Waals surface area contributed by atoms with Crippen LogP contribution in [0.3, 0.4) is 0 Å². The Morgan fingerprint density at radius 3 is 2.85 bits per heavy atom. The minimum absolute atomic E-state index is 1.06. The van der Waals surface area contributed by atoms with Crippen molar-refractivity contribution < 1.29 is 0 Å². The average Bonchev–Trinajstić information content (AvgIpc) is 2.03. The maximum Gasteiger partial charge on any atom is 0.00555 e. The van der Waals surface area contributed by atoms with E-state index in [1.54, 1.807) is 0 Å². The summed E-state index contributed by atoms with van der Waals surface area (Å²) in [7, 11) is 4.09. The van der Waals surface area contributed by atoms with Crippen molar-refractivity contribution in [3.8, 4) is 0 Å². The largest absolute Gasteiger partial charge is 0.384 e. The third kappa shape index (κ3) is 4.23. The molecule has 0 fully saturated rings. The predicted octanol–water partition coefficient (Wildman–Crippen LogP) is 3.38. The number of hydrogen-bond acceptors (Lipinski definition) is 2. The van der Waals surface area contributed by atoms with Gasteiger partial charge in [0.2, 0.25) is 0 Å². The van der Waals surface area contributed by atoms with Gasteiger partial charge in [-0.25, -0.2) is 0 Å². The number of allylic oxidation sites excluding steroid dienone is 5. The Hall–Kier alpha value is -0.630. The quantitative estimate of drug-likeness (QED) is 0.679. The summed E-state index contributed by atoms with van der Waals surface area (Å²) in [6, 6.07) is 0. The Morgan fingerprint density at radius 1 is 1.46 bits per heavy atom. The Kier molecular flexibility index (Phi) is 4.16. The average molecular weight is 195 g/mol. The number of thioether (sulfide) groups is 1. The number of rotatable bonds is 3. The normalized spacial score (nSPS) is 17.2. The smallest absolute Gasteiger partial charge is 0.00555 e. The summed E-state index contributed by atoms with van der Waals surface area (Å²) < 4.78 is 0. The van der Waals surface area contributed by atoms with Gasteiger partial charge in [-0.1, -0.05) is 30.0 Å². The van der Waals surface area contributed by atoms with E-state index >= 15 is 0 Å². The van der Waals surface area contributed by atoms with Gasteiger partial charge in [0.25, 0.3) is 0 Å². The molecule has 0 bridgehead atoms. The zero-order chi connectivity index (χ0) is 9.68. The SMILES string of the molecule is CC1=CCC=C(C/C=C/N(C)C)S1. The van der Waals surface area contributed by atoms with Gasteiger partial charge in [0.1, 0.15) is 0 Å². The summed E-state index contributed by atoms with van der Waals surface area (Å²) in [5.41, 5.74) is 0. The van der Waals surface area contributed by atoms with Crippen molar-refractivity contribution >= 4 is 11.8 Å². The van der Waals surface area contributed by atoms with Crippen LogP contribution in [-0.4, -0.2) is 19.0 Å². The standard InChI is InChI=1S/C11H17NS/c1-10-6-4-7-11(13-10)8-5-9-12(2)3/h5-7,9H,4,8H2,1-3H3/b9-5+. The summed E-state index contributed by atoms with van der Waals surface area (Å²) in [6.45, 7) is 2.17. The highest BCUT2D eigenvalue weighted by molar-refractivity contribution is 8.06. The second-order valence-corrected chi connectivity index (χ2v) is 4.75. The van der Waals surface area contributed by atoms with Crippen molar-refractivity contribution in [3.63, 3.8) is 0 Å². The summed E-state index contributed by atoms with van der Waals surface area (Å²) in [6.07, 6.45) is 11.0. The van der Waals surface area contributed by atoms with Crippen LogP contribution in [0.25, 0.3) is 0 Å². The molecule has 1 rings (SSSR count). The van der Waals surface area contributed by atoms with Crippen LogP contribution in [0.2, 0.25) is 0 Å². The summed E-state index contributed by atoms with van der Waals surface area (Å²) in [4.78, 5) is 4.96. The first kappa shape index (κ1) is 10.5. The topological polar surface area (TPSA) is 3.24 Å². The van der Waals surface area contributed by atoms with E-state index in [1.807, 2.05) is 25.9 Å². The van der Waals surface area contributed by atoms with Crippen LogP contribution < -0.4 is 0 Å². The summed E-state index contributed by atoms with van der Waals surface area (Å²) >= 11 is 1.89. The molecule has 13 heavy (non-hydrogen) atoms. The van der Waals surface area contributed by atoms with Crippen molar-refractivity contribution in [2.24, 2.45) is 0 Å². The third-order valence-electron chi connectivity index (χ3n) is 1.77. The second-order valence-electron chi connectivity index (χ2n) is 3.38. The van der Waals surface area contributed by atoms with E-state index in [-0.39, 0.29) is 0 Å². The summed E-state index contributed by atoms with van der Waals surface area (Å²) in [5, 5.41) is 0. The van der Waals surface area contributed by atoms with Crippen LogP contribution in [0.15, 0.2) is 34.2 Å². The lowest BCUT2D eigenvalue weighted by molar-refractivity contribution is 0.562. The fourth-order valence-corrected chi connectivity index (χ4v) is 2.10. The van der Waals surface area contributed by atoms with Gasteiger partial charge in [0, 0.05) is 14.1 Å². The lowest BCUT2D eigenvalue weighted by Crippen LogP contribution is -1.99. The molecule has 0 aliphatic carbocycles. The first-order valence-electron chi connectivity index (χ1n) is 4.55. The highest BCUT2D eigenvalue weighted by atomic mass is 32.2. The van der Waals surface area contributed by atoms with E-state index in [0.29, 0.717) is 0 Å². The van der Waals surface area contributed by atoms with Crippen LogP contribution in [0.1, 0.15) is 19.8 Å². The van der Waals surface area contributed by atoms with E-state index in [2.05, 4.69) is 36.3 Å². The zero-order valence-electron chi connectivity index (χ0n) is 8.58. The van der Waals surface area contributed by atoms with Gasteiger partial charge in [0.05, 0.1) is 0 Å². The minimum Gasteiger partial charge on any atom is -0.384 e. The van der Waals surface area contributed by atoms with E-state index in [0.717, 1.165) is 12.8 Å². The van der Waals surface area contributed by atoms with Gasteiger partial charge in [-0.15, -0.1) is 0 Å². The molecule has 0 saturated heterocycles. The van der Waals surface area contributed by atoms with Crippen LogP contribution >= 0.6 is 11.8 Å². The molecule has 72 valence electrons. The van der Waals surface area contributed by atoms with Gasteiger partial charge >= 0.3 is 0 Å². The lowest BCUT2D eigenvalue weighted by atomic mass is 10.3. The Bertz CT molecular complexity index is 249. The van der Waals surface area contributed by atoms with Gasteiger partial charge in [-0.05, 0) is 35.8 Å². The molecule has 1 aliphatic rings. The molecule has 0 radical (unpaired) electrons. The molecular formula is C11H17NS. The Balaban J connectivity index is 2.34. The number of hydrogen-bond donors (Lipinski definition) is 0. The molecule has 0 saturated carbocycles. The summed E-state index contributed by atoms with van der Waals surface area (Å²) in [5.74, 6) is 0. The maximum absolute atomic E-state index is 2.30. The van der Waals surface area contributed by atoms with Gasteiger partial charge in [0.15, 0.2) is 0 Å². The molecule has 0 atom stereocenters. The van der Waals surface area contributed by atoms with Crippen molar-refractivity contribution in [2.45, 2.75) is 19.8 Å². The predicted molar refractivity (Wildman–Crippen MR) is 61.5 cm³/mol. The lowest BCUT2D eigenvalue weighted by Gasteiger charge is -2.10. The molecule has 2 heteroatoms. The zero-order valence-corrected chi connectivity index (χ0v) is 9.40. The molecule has 0 spiro atoms. The number of nitrogens with zero attached hydrogens (tertiary/aromatic N) is 1. The molecule has 1 nitrogen and oxygen atoms in total. The molecule has 0 N–H and O–H groups in total. The third-order valence-corrected chi connectivity index (χ3v) is 2.85. The first-order valence-corrected chi connectivity index (χ1v) is 5.37. The van der Waals surface area contributed by atoms with Crippen molar-refractivity contribution in [3.05, 3.63) is 34.2 Å². The van der Waals surface area contributed by atoms with Crippen LogP contribution in [0.5, 0.6) is 0 Å². The molecule has 0 aromatic carbocycles. The monoisotopic (exact) mass is 195 g/mol. The minimum atomic E-state index is 1.06. The van der Waals surface area contributed by atoms with Crippen molar-refractivity contribution in [2.75, 3.05) is 14.1 Å². The molecule has 0 unspecified atom stereocenters. The van der Waals surface area contributed by atoms with Crippen LogP contribution in [-0.2, 0) is 0 Å². The van der Waals surface area contributed by atoms with E-state index in [9.17, 15) is 0 Å². The first-order chi connectivity index (χ1) is 6.18. The molecule has 0 aromatic rings. The molecular weight excluding hydrogens is 178 g/mol. The molecule has 0 aromatic heterocycles. The van der Waals surface area contributed by atoms with Gasteiger partial charge in [-0.3, -0.25) is 0 Å². The highest BCUT2D eigenvalue weighted by Gasteiger charge is 2.01. The second kappa shape index (κ2) is 5.18. The van der Waals surface area contributed by atoms with E-state index in [1.165, 1.54) is 9.81 Å². The molecule has 0 amide bonds. The molecule has 1 aliphatic heterocycles. The highest BCUT2D eigenvalue weighted by Crippen LogP contribution is 2.31. The van der Waals surface area contributed by atoms with Gasteiger partial charge in [-0.2, -0.15) is 0 Å². The Morgan fingerprint density at radius 2 is 2.23 bits per heavy atom. The van der Waals surface area contributed by atoms with E-state index < -0.39 is 0 Å². The Labute approximate surface area is 85.2 Å². The van der Waals surface area contributed by atoms with Crippen LogP contribution in [0.4, 0.5) is 0 Å². The maximum atomic E-state index is 2.30. The fourth-order valence-electron chi connectivity index (χ4n) is 1.15. The van der Waals surface area contributed by atoms with Crippen LogP contribution in [0, 0.1) is 0 Å².